The molecule has 1 N–H and O–H groups in total. The van der Waals surface area contributed by atoms with Gasteiger partial charge in [-0.05, 0) is 88.6 Å². The quantitative estimate of drug-likeness (QED) is 0.503. The Bertz CT molecular complexity index is 1010. The van der Waals surface area contributed by atoms with Gasteiger partial charge in [-0.1, -0.05) is 18.2 Å². The van der Waals surface area contributed by atoms with Gasteiger partial charge in [-0.3, -0.25) is 4.79 Å². The molecule has 1 aliphatic heterocycles. The molecule has 4 rings (SSSR count). The number of benzene rings is 2. The Morgan fingerprint density at radius 2 is 1.84 bits per heavy atom. The SMILES string of the molecule is CCOc1ccc(-c2cc(C(=O)NCCCCN3CCCC3)c3ccccc3n2)cc1. The van der Waals surface area contributed by atoms with Gasteiger partial charge in [0.25, 0.3) is 5.91 Å². The summed E-state index contributed by atoms with van der Waals surface area (Å²) in [4.78, 5) is 20.3. The molecule has 0 unspecified atom stereocenters. The van der Waals surface area contributed by atoms with E-state index in [-0.39, 0.29) is 5.91 Å². The zero-order chi connectivity index (χ0) is 21.5. The number of hydrogen-bond acceptors (Lipinski definition) is 4. The largest absolute Gasteiger partial charge is 0.494 e. The molecule has 0 spiro atoms. The molecule has 5 nitrogen and oxygen atoms in total. The molecule has 0 aliphatic carbocycles. The maximum atomic E-state index is 13.0. The standard InChI is InChI=1S/C26H31N3O2/c1-2-31-21-13-11-20(12-14-21)25-19-23(22-9-3-4-10-24(22)28-25)26(30)27-15-5-6-16-29-17-7-8-18-29/h3-4,9-14,19H,2,5-8,15-18H2,1H3,(H,27,30). The number of fused-ring (bicyclic) bond motifs is 1. The van der Waals surface area contributed by atoms with Crippen molar-refractivity contribution >= 4 is 16.8 Å². The number of pyridine rings is 1. The average Bonchev–Trinajstić information content (AvgIpc) is 3.32. The van der Waals surface area contributed by atoms with Crippen LogP contribution in [0.15, 0.2) is 54.6 Å². The molecule has 0 radical (unpaired) electrons. The fourth-order valence-electron chi connectivity index (χ4n) is 4.16. The fourth-order valence-corrected chi connectivity index (χ4v) is 4.16. The maximum Gasteiger partial charge on any atom is 0.252 e. The molecule has 31 heavy (non-hydrogen) atoms. The molecule has 1 amide bonds. The molecule has 0 atom stereocenters. The van der Waals surface area contributed by atoms with Gasteiger partial charge in [0.1, 0.15) is 5.75 Å². The number of ether oxygens (including phenoxy) is 1. The molecule has 3 aromatic rings. The first kappa shape index (κ1) is 21.3. The van der Waals surface area contributed by atoms with E-state index in [1.54, 1.807) is 0 Å². The van der Waals surface area contributed by atoms with Crippen LogP contribution in [0.2, 0.25) is 0 Å². The van der Waals surface area contributed by atoms with Gasteiger partial charge in [-0.2, -0.15) is 0 Å². The number of nitrogens with one attached hydrogen (secondary N) is 1. The van der Waals surface area contributed by atoms with Crippen LogP contribution >= 0.6 is 0 Å². The highest BCUT2D eigenvalue weighted by atomic mass is 16.5. The molecular weight excluding hydrogens is 386 g/mol. The molecule has 0 saturated carbocycles. The lowest BCUT2D eigenvalue weighted by molar-refractivity contribution is 0.0954. The Morgan fingerprint density at radius 1 is 1.06 bits per heavy atom. The van der Waals surface area contributed by atoms with Gasteiger partial charge in [-0.15, -0.1) is 0 Å². The number of hydrogen-bond donors (Lipinski definition) is 1. The summed E-state index contributed by atoms with van der Waals surface area (Å²) in [6.45, 7) is 6.89. The second-order valence-corrected chi connectivity index (χ2v) is 8.04. The molecule has 0 bridgehead atoms. The Labute approximate surface area is 184 Å². The lowest BCUT2D eigenvalue weighted by atomic mass is 10.0. The van der Waals surface area contributed by atoms with E-state index in [1.807, 2.05) is 61.5 Å². The highest BCUT2D eigenvalue weighted by Gasteiger charge is 2.14. The molecule has 2 aromatic carbocycles. The van der Waals surface area contributed by atoms with Gasteiger partial charge in [0.05, 0.1) is 23.4 Å². The Kier molecular flexibility index (Phi) is 7.15. The second-order valence-electron chi connectivity index (χ2n) is 8.04. The average molecular weight is 418 g/mol. The summed E-state index contributed by atoms with van der Waals surface area (Å²) < 4.78 is 5.54. The predicted octanol–water partition coefficient (Wildman–Crippen LogP) is 4.91. The van der Waals surface area contributed by atoms with Crippen molar-refractivity contribution in [2.24, 2.45) is 0 Å². The van der Waals surface area contributed by atoms with E-state index < -0.39 is 0 Å². The first-order valence-electron chi connectivity index (χ1n) is 11.4. The van der Waals surface area contributed by atoms with Crippen LogP contribution in [-0.2, 0) is 0 Å². The number of rotatable bonds is 9. The third-order valence-electron chi connectivity index (χ3n) is 5.81. The molecule has 1 aliphatic rings. The summed E-state index contributed by atoms with van der Waals surface area (Å²) in [6.07, 6.45) is 4.76. The fraction of sp³-hybridized carbons (Fsp3) is 0.385. The Hall–Kier alpha value is -2.92. The monoisotopic (exact) mass is 417 g/mol. The van der Waals surface area contributed by atoms with E-state index in [2.05, 4.69) is 10.2 Å². The summed E-state index contributed by atoms with van der Waals surface area (Å²) in [6, 6.07) is 17.6. The van der Waals surface area contributed by atoms with Crippen molar-refractivity contribution < 1.29 is 9.53 Å². The number of nitrogens with zero attached hydrogens (tertiary/aromatic N) is 2. The van der Waals surface area contributed by atoms with E-state index in [0.717, 1.165) is 47.3 Å². The van der Waals surface area contributed by atoms with Crippen LogP contribution in [0.3, 0.4) is 0 Å². The minimum absolute atomic E-state index is 0.0352. The molecule has 1 saturated heterocycles. The van der Waals surface area contributed by atoms with Crippen LogP contribution in [0.1, 0.15) is 43.0 Å². The topological polar surface area (TPSA) is 54.5 Å². The minimum atomic E-state index is -0.0352. The predicted molar refractivity (Wildman–Crippen MR) is 126 cm³/mol. The first-order chi connectivity index (χ1) is 15.2. The zero-order valence-electron chi connectivity index (χ0n) is 18.3. The molecular formula is C26H31N3O2. The number of unbranched alkanes of at least 4 members (excludes halogenated alkanes) is 1. The Morgan fingerprint density at radius 3 is 2.61 bits per heavy atom. The summed E-state index contributed by atoms with van der Waals surface area (Å²) in [5.74, 6) is 0.797. The van der Waals surface area contributed by atoms with Crippen molar-refractivity contribution in [3.05, 3.63) is 60.2 Å². The van der Waals surface area contributed by atoms with Gasteiger partial charge in [0.15, 0.2) is 0 Å². The smallest absolute Gasteiger partial charge is 0.252 e. The second kappa shape index (κ2) is 10.4. The number of para-hydroxylation sites is 1. The lowest BCUT2D eigenvalue weighted by Gasteiger charge is -2.14. The van der Waals surface area contributed by atoms with E-state index in [4.69, 9.17) is 9.72 Å². The molecule has 1 aromatic heterocycles. The normalized spacial score (nSPS) is 14.1. The third-order valence-corrected chi connectivity index (χ3v) is 5.81. The number of aromatic nitrogens is 1. The van der Waals surface area contributed by atoms with Crippen molar-refractivity contribution in [2.75, 3.05) is 32.8 Å². The zero-order valence-corrected chi connectivity index (χ0v) is 18.3. The van der Waals surface area contributed by atoms with Crippen molar-refractivity contribution in [3.63, 3.8) is 0 Å². The van der Waals surface area contributed by atoms with Gasteiger partial charge in [-0.25, -0.2) is 4.98 Å². The Balaban J connectivity index is 1.47. The molecule has 2 heterocycles. The van der Waals surface area contributed by atoms with Crippen LogP contribution in [0.5, 0.6) is 5.75 Å². The lowest BCUT2D eigenvalue weighted by Crippen LogP contribution is -2.26. The molecule has 1 fully saturated rings. The van der Waals surface area contributed by atoms with Crippen LogP contribution < -0.4 is 10.1 Å². The first-order valence-corrected chi connectivity index (χ1v) is 11.4. The number of carbonyl (C=O) groups excluding carboxylic acids is 1. The van der Waals surface area contributed by atoms with Crippen LogP contribution in [-0.4, -0.2) is 48.6 Å². The third kappa shape index (κ3) is 5.42. The van der Waals surface area contributed by atoms with Gasteiger partial charge < -0.3 is 15.0 Å². The number of likely N-dealkylation sites (tertiary alicyclic amines) is 1. The van der Waals surface area contributed by atoms with E-state index in [1.165, 1.54) is 25.9 Å². The van der Waals surface area contributed by atoms with Gasteiger partial charge in [0.2, 0.25) is 0 Å². The highest BCUT2D eigenvalue weighted by molar-refractivity contribution is 6.07. The van der Waals surface area contributed by atoms with E-state index in [0.29, 0.717) is 18.7 Å². The number of amides is 1. The van der Waals surface area contributed by atoms with Crippen LogP contribution in [0, 0.1) is 0 Å². The highest BCUT2D eigenvalue weighted by Crippen LogP contribution is 2.26. The summed E-state index contributed by atoms with van der Waals surface area (Å²) >= 11 is 0. The van der Waals surface area contributed by atoms with Crippen LogP contribution in [0.25, 0.3) is 22.2 Å². The van der Waals surface area contributed by atoms with Crippen molar-refractivity contribution in [1.29, 1.82) is 0 Å². The summed E-state index contributed by atoms with van der Waals surface area (Å²) in [5, 5.41) is 4.00. The van der Waals surface area contributed by atoms with E-state index >= 15 is 0 Å². The molecule has 5 heteroatoms. The van der Waals surface area contributed by atoms with E-state index in [9.17, 15) is 4.79 Å². The maximum absolute atomic E-state index is 13.0. The summed E-state index contributed by atoms with van der Waals surface area (Å²) in [7, 11) is 0. The number of carbonyl (C=O) groups is 1. The minimum Gasteiger partial charge on any atom is -0.494 e. The van der Waals surface area contributed by atoms with Gasteiger partial charge in [0, 0.05) is 17.5 Å². The van der Waals surface area contributed by atoms with Crippen molar-refractivity contribution in [3.8, 4) is 17.0 Å². The van der Waals surface area contributed by atoms with Crippen LogP contribution in [0.4, 0.5) is 0 Å². The van der Waals surface area contributed by atoms with Gasteiger partial charge >= 0.3 is 0 Å². The van der Waals surface area contributed by atoms with Crippen molar-refractivity contribution in [2.45, 2.75) is 32.6 Å². The van der Waals surface area contributed by atoms with Crippen molar-refractivity contribution in [1.82, 2.24) is 15.2 Å². The molecule has 162 valence electrons. The summed E-state index contributed by atoms with van der Waals surface area (Å²) in [5.41, 5.74) is 3.26.